The summed E-state index contributed by atoms with van der Waals surface area (Å²) >= 11 is 1.20. The molecule has 126 valence electrons. The van der Waals surface area contributed by atoms with Gasteiger partial charge in [-0.1, -0.05) is 19.8 Å². The van der Waals surface area contributed by atoms with Crippen LogP contribution in [0.1, 0.15) is 41.4 Å². The number of ether oxygens (including phenoxy) is 2. The van der Waals surface area contributed by atoms with Gasteiger partial charge in [0.25, 0.3) is 5.56 Å². The van der Waals surface area contributed by atoms with E-state index in [0.717, 1.165) is 19.3 Å². The summed E-state index contributed by atoms with van der Waals surface area (Å²) in [5.41, 5.74) is 0.561. The summed E-state index contributed by atoms with van der Waals surface area (Å²) in [4.78, 5) is 30.1. The number of unbranched alkanes of at least 4 members (excludes halogenated alkanes) is 2. The van der Waals surface area contributed by atoms with Crippen LogP contribution in [0.3, 0.4) is 0 Å². The minimum Gasteiger partial charge on any atom is -0.459 e. The second-order valence-corrected chi connectivity index (χ2v) is 6.31. The van der Waals surface area contributed by atoms with Gasteiger partial charge in [-0.3, -0.25) is 9.36 Å². The van der Waals surface area contributed by atoms with Crippen LogP contribution in [-0.2, 0) is 16.0 Å². The Morgan fingerprint density at radius 2 is 2.13 bits per heavy atom. The van der Waals surface area contributed by atoms with Crippen LogP contribution in [-0.4, -0.2) is 35.8 Å². The summed E-state index contributed by atoms with van der Waals surface area (Å²) in [6, 6.07) is 0. The van der Waals surface area contributed by atoms with Gasteiger partial charge in [0, 0.05) is 13.7 Å². The Bertz CT molecular complexity index is 735. The van der Waals surface area contributed by atoms with Gasteiger partial charge in [0.15, 0.2) is 0 Å². The highest BCUT2D eigenvalue weighted by atomic mass is 32.1. The van der Waals surface area contributed by atoms with E-state index in [-0.39, 0.29) is 12.2 Å². The summed E-state index contributed by atoms with van der Waals surface area (Å²) in [7, 11) is 1.55. The molecule has 0 bridgehead atoms. The molecule has 0 unspecified atom stereocenters. The monoisotopic (exact) mass is 338 g/mol. The first-order valence-electron chi connectivity index (χ1n) is 7.74. The third-order valence-electron chi connectivity index (χ3n) is 3.63. The third kappa shape index (κ3) is 3.97. The summed E-state index contributed by atoms with van der Waals surface area (Å²) < 4.78 is 11.6. The maximum absolute atomic E-state index is 12.6. The van der Waals surface area contributed by atoms with E-state index >= 15 is 0 Å². The number of fused-ring (bicyclic) bond motifs is 1. The summed E-state index contributed by atoms with van der Waals surface area (Å²) in [6.45, 7) is 5.08. The van der Waals surface area contributed by atoms with E-state index in [1.807, 2.05) is 0 Å². The Balaban J connectivity index is 2.29. The number of methoxy groups -OCH3 is 1. The molecular weight excluding hydrogens is 316 g/mol. The van der Waals surface area contributed by atoms with Crippen molar-refractivity contribution in [2.75, 3.05) is 20.3 Å². The van der Waals surface area contributed by atoms with Crippen molar-refractivity contribution in [1.82, 2.24) is 9.55 Å². The van der Waals surface area contributed by atoms with E-state index in [4.69, 9.17) is 9.47 Å². The molecule has 6 nitrogen and oxygen atoms in total. The maximum atomic E-state index is 12.6. The van der Waals surface area contributed by atoms with E-state index < -0.39 is 5.97 Å². The van der Waals surface area contributed by atoms with Crippen LogP contribution >= 0.6 is 11.3 Å². The first kappa shape index (κ1) is 17.6. The van der Waals surface area contributed by atoms with Crippen molar-refractivity contribution in [3.63, 3.8) is 0 Å². The molecule has 7 heteroatoms. The van der Waals surface area contributed by atoms with Crippen molar-refractivity contribution in [3.8, 4) is 0 Å². The van der Waals surface area contributed by atoms with Crippen molar-refractivity contribution >= 4 is 27.5 Å². The zero-order valence-corrected chi connectivity index (χ0v) is 14.6. The molecule has 0 atom stereocenters. The number of nitrogens with zero attached hydrogens (tertiary/aromatic N) is 2. The maximum Gasteiger partial charge on any atom is 0.348 e. The molecular formula is C16H22N2O4S. The SMILES string of the molecule is CCCCCn1cnc2sc(C(=O)OCCOC)c(C)c2c1=O. The minimum atomic E-state index is -0.431. The lowest BCUT2D eigenvalue weighted by atomic mass is 10.2. The predicted octanol–water partition coefficient (Wildman–Crippen LogP) is 2.76. The van der Waals surface area contributed by atoms with Crippen LogP contribution in [0, 0.1) is 6.92 Å². The minimum absolute atomic E-state index is 0.0872. The van der Waals surface area contributed by atoms with Gasteiger partial charge in [-0.15, -0.1) is 11.3 Å². The Hall–Kier alpha value is -1.73. The Kier molecular flexibility index (Phi) is 6.29. The Morgan fingerprint density at radius 3 is 2.83 bits per heavy atom. The van der Waals surface area contributed by atoms with Crippen molar-refractivity contribution in [1.29, 1.82) is 0 Å². The highest BCUT2D eigenvalue weighted by Crippen LogP contribution is 2.27. The predicted molar refractivity (Wildman–Crippen MR) is 90.3 cm³/mol. The van der Waals surface area contributed by atoms with Gasteiger partial charge in [-0.2, -0.15) is 0 Å². The quantitative estimate of drug-likeness (QED) is 0.547. The summed E-state index contributed by atoms with van der Waals surface area (Å²) in [5.74, 6) is -0.431. The molecule has 0 aliphatic carbocycles. The van der Waals surface area contributed by atoms with Gasteiger partial charge in [-0.25, -0.2) is 9.78 Å². The summed E-state index contributed by atoms with van der Waals surface area (Å²) in [5, 5.41) is 0.521. The van der Waals surface area contributed by atoms with Crippen molar-refractivity contribution in [2.45, 2.75) is 39.7 Å². The van der Waals surface area contributed by atoms with E-state index in [1.165, 1.54) is 11.3 Å². The largest absolute Gasteiger partial charge is 0.459 e. The molecule has 0 saturated carbocycles. The lowest BCUT2D eigenvalue weighted by Gasteiger charge is -2.04. The van der Waals surface area contributed by atoms with Crippen LogP contribution in [0.2, 0.25) is 0 Å². The smallest absolute Gasteiger partial charge is 0.348 e. The third-order valence-corrected chi connectivity index (χ3v) is 4.81. The van der Waals surface area contributed by atoms with E-state index in [9.17, 15) is 9.59 Å². The number of esters is 1. The molecule has 0 N–H and O–H groups in total. The molecule has 0 amide bonds. The van der Waals surface area contributed by atoms with Crippen LogP contribution in [0.25, 0.3) is 10.2 Å². The first-order valence-corrected chi connectivity index (χ1v) is 8.56. The van der Waals surface area contributed by atoms with Crippen LogP contribution in [0.5, 0.6) is 0 Å². The molecule has 0 radical (unpaired) electrons. The van der Waals surface area contributed by atoms with Crippen molar-refractivity contribution in [2.24, 2.45) is 0 Å². The van der Waals surface area contributed by atoms with Gasteiger partial charge in [0.05, 0.1) is 18.3 Å². The second-order valence-electron chi connectivity index (χ2n) is 5.32. The number of thiophene rings is 1. The standard InChI is InChI=1S/C16H22N2O4S/c1-4-5-6-7-18-10-17-14-12(15(18)19)11(2)13(23-14)16(20)22-9-8-21-3/h10H,4-9H2,1-3H3. The first-order chi connectivity index (χ1) is 11.1. The molecule has 0 aliphatic heterocycles. The molecule has 2 aromatic rings. The topological polar surface area (TPSA) is 70.4 Å². The number of rotatable bonds is 8. The van der Waals surface area contributed by atoms with Gasteiger partial charge in [-0.05, 0) is 18.9 Å². The molecule has 2 heterocycles. The zero-order valence-electron chi connectivity index (χ0n) is 13.8. The summed E-state index contributed by atoms with van der Waals surface area (Å²) in [6.07, 6.45) is 4.68. The highest BCUT2D eigenvalue weighted by molar-refractivity contribution is 7.20. The van der Waals surface area contributed by atoms with Gasteiger partial charge < -0.3 is 9.47 Å². The van der Waals surface area contributed by atoms with Crippen LogP contribution in [0.15, 0.2) is 11.1 Å². The Morgan fingerprint density at radius 1 is 1.35 bits per heavy atom. The molecule has 0 aliphatic rings. The lowest BCUT2D eigenvalue weighted by Crippen LogP contribution is -2.20. The average molecular weight is 338 g/mol. The van der Waals surface area contributed by atoms with E-state index in [2.05, 4.69) is 11.9 Å². The van der Waals surface area contributed by atoms with Crippen molar-refractivity contribution < 1.29 is 14.3 Å². The Labute approximate surface area is 139 Å². The van der Waals surface area contributed by atoms with Crippen LogP contribution < -0.4 is 5.56 Å². The van der Waals surface area contributed by atoms with E-state index in [0.29, 0.717) is 33.8 Å². The van der Waals surface area contributed by atoms with Crippen LogP contribution in [0.4, 0.5) is 0 Å². The number of carbonyl (C=O) groups excluding carboxylic acids is 1. The van der Waals surface area contributed by atoms with Gasteiger partial charge >= 0.3 is 5.97 Å². The number of aromatic nitrogens is 2. The average Bonchev–Trinajstić information content (AvgIpc) is 2.87. The highest BCUT2D eigenvalue weighted by Gasteiger charge is 2.20. The van der Waals surface area contributed by atoms with Gasteiger partial charge in [0.1, 0.15) is 16.3 Å². The number of carbonyl (C=O) groups is 1. The number of aryl methyl sites for hydroxylation is 2. The molecule has 0 fully saturated rings. The number of hydrogen-bond donors (Lipinski definition) is 0. The second kappa shape index (κ2) is 8.21. The molecule has 0 spiro atoms. The van der Waals surface area contributed by atoms with Crippen molar-refractivity contribution in [3.05, 3.63) is 27.1 Å². The fourth-order valence-corrected chi connectivity index (χ4v) is 3.36. The van der Waals surface area contributed by atoms with Gasteiger partial charge in [0.2, 0.25) is 0 Å². The normalized spacial score (nSPS) is 11.1. The fraction of sp³-hybridized carbons (Fsp3) is 0.562. The molecule has 0 aromatic carbocycles. The fourth-order valence-electron chi connectivity index (χ4n) is 2.33. The number of hydrogen-bond acceptors (Lipinski definition) is 6. The van der Waals surface area contributed by atoms with E-state index in [1.54, 1.807) is 24.9 Å². The molecule has 2 rings (SSSR count). The molecule has 2 aromatic heterocycles. The zero-order chi connectivity index (χ0) is 16.8. The lowest BCUT2D eigenvalue weighted by molar-refractivity contribution is 0.0393. The molecule has 23 heavy (non-hydrogen) atoms. The molecule has 0 saturated heterocycles.